The predicted octanol–water partition coefficient (Wildman–Crippen LogP) is 4.77. The highest BCUT2D eigenvalue weighted by Gasteiger charge is 2.39. The number of ether oxygens (including phenoxy) is 3. The van der Waals surface area contributed by atoms with E-state index in [1.807, 2.05) is 44.2 Å². The van der Waals surface area contributed by atoms with Crippen LogP contribution in [0.5, 0.6) is 11.5 Å². The van der Waals surface area contributed by atoms with Crippen LogP contribution in [0, 0.1) is 6.92 Å². The molecule has 0 spiro atoms. The van der Waals surface area contributed by atoms with Crippen molar-refractivity contribution in [2.45, 2.75) is 51.6 Å². The standard InChI is InChI=1S/C27H29NO7/c1-16-19(33-22-15-13-20(32-4)27(2,3)35-22)12-11-18-24(30)23(26(31)34-25(16)18)28-21(29)14-10-17-8-6-5-7-9-17/h5-12,14,20,22,30H,13,15H2,1-4H3,(H,28,29)/b14-10+/t20-,22-/m1/s1. The Morgan fingerprint density at radius 3 is 2.60 bits per heavy atom. The summed E-state index contributed by atoms with van der Waals surface area (Å²) in [5.41, 5.74) is -0.177. The molecule has 1 saturated heterocycles. The highest BCUT2D eigenvalue weighted by atomic mass is 16.7. The van der Waals surface area contributed by atoms with Crippen molar-refractivity contribution in [2.24, 2.45) is 0 Å². The third-order valence-corrected chi connectivity index (χ3v) is 6.14. The molecule has 2 atom stereocenters. The number of anilines is 1. The molecule has 2 N–H and O–H groups in total. The molecule has 4 rings (SSSR count). The molecule has 1 aliphatic rings. The average molecular weight is 480 g/mol. The van der Waals surface area contributed by atoms with Gasteiger partial charge in [-0.15, -0.1) is 0 Å². The van der Waals surface area contributed by atoms with Crippen molar-refractivity contribution in [2.75, 3.05) is 12.4 Å². The summed E-state index contributed by atoms with van der Waals surface area (Å²) in [5, 5.41) is 13.4. The Hall–Kier alpha value is -3.62. The molecule has 0 unspecified atom stereocenters. The van der Waals surface area contributed by atoms with Gasteiger partial charge >= 0.3 is 5.63 Å². The van der Waals surface area contributed by atoms with Crippen LogP contribution in [0.15, 0.2) is 57.8 Å². The Kier molecular flexibility index (Phi) is 6.95. The van der Waals surface area contributed by atoms with E-state index in [1.165, 1.54) is 6.08 Å². The highest BCUT2D eigenvalue weighted by Crippen LogP contribution is 2.37. The zero-order chi connectivity index (χ0) is 25.2. The van der Waals surface area contributed by atoms with Gasteiger partial charge in [-0.2, -0.15) is 0 Å². The van der Waals surface area contributed by atoms with Gasteiger partial charge in [0.15, 0.2) is 11.4 Å². The molecular formula is C27H29NO7. The summed E-state index contributed by atoms with van der Waals surface area (Å²) in [5.74, 6) is -0.469. The van der Waals surface area contributed by atoms with Gasteiger partial charge in [-0.25, -0.2) is 4.79 Å². The summed E-state index contributed by atoms with van der Waals surface area (Å²) in [7, 11) is 1.66. The van der Waals surface area contributed by atoms with Gasteiger partial charge in [0.25, 0.3) is 0 Å². The van der Waals surface area contributed by atoms with E-state index in [9.17, 15) is 14.7 Å². The lowest BCUT2D eigenvalue weighted by Gasteiger charge is -2.41. The van der Waals surface area contributed by atoms with E-state index in [0.29, 0.717) is 17.7 Å². The Morgan fingerprint density at radius 2 is 1.91 bits per heavy atom. The maximum absolute atomic E-state index is 12.6. The second-order valence-corrected chi connectivity index (χ2v) is 8.98. The fourth-order valence-corrected chi connectivity index (χ4v) is 4.24. The number of carbonyl (C=O) groups excluding carboxylic acids is 1. The first-order valence-electron chi connectivity index (χ1n) is 11.4. The molecule has 0 aliphatic carbocycles. The zero-order valence-corrected chi connectivity index (χ0v) is 20.2. The minimum atomic E-state index is -0.866. The maximum Gasteiger partial charge on any atom is 0.364 e. The number of benzene rings is 2. The number of aryl methyl sites for hydroxylation is 1. The van der Waals surface area contributed by atoms with E-state index in [1.54, 1.807) is 32.2 Å². The molecule has 0 bridgehead atoms. The number of hydrogen-bond donors (Lipinski definition) is 2. The van der Waals surface area contributed by atoms with Gasteiger partial charge < -0.3 is 29.1 Å². The Morgan fingerprint density at radius 1 is 1.17 bits per heavy atom. The van der Waals surface area contributed by atoms with Crippen LogP contribution in [0.3, 0.4) is 0 Å². The summed E-state index contributed by atoms with van der Waals surface area (Å²) >= 11 is 0. The van der Waals surface area contributed by atoms with E-state index in [4.69, 9.17) is 18.6 Å². The van der Waals surface area contributed by atoms with Crippen LogP contribution in [0.1, 0.15) is 37.8 Å². The summed E-state index contributed by atoms with van der Waals surface area (Å²) in [6.45, 7) is 5.63. The molecule has 8 nitrogen and oxygen atoms in total. The molecular weight excluding hydrogens is 450 g/mol. The fourth-order valence-electron chi connectivity index (χ4n) is 4.24. The zero-order valence-electron chi connectivity index (χ0n) is 20.2. The van der Waals surface area contributed by atoms with Gasteiger partial charge in [-0.3, -0.25) is 4.79 Å². The van der Waals surface area contributed by atoms with E-state index < -0.39 is 23.4 Å². The summed E-state index contributed by atoms with van der Waals surface area (Å²) in [4.78, 5) is 25.0. The van der Waals surface area contributed by atoms with Crippen molar-refractivity contribution in [1.29, 1.82) is 0 Å². The number of nitrogens with one attached hydrogen (secondary N) is 1. The molecule has 3 aromatic rings. The third kappa shape index (κ3) is 5.23. The minimum absolute atomic E-state index is 0.0359. The molecule has 0 radical (unpaired) electrons. The molecule has 35 heavy (non-hydrogen) atoms. The smallest absolute Gasteiger partial charge is 0.364 e. The first-order valence-corrected chi connectivity index (χ1v) is 11.4. The Bertz CT molecular complexity index is 1310. The fraction of sp³-hybridized carbons (Fsp3) is 0.333. The van der Waals surface area contributed by atoms with Crippen molar-refractivity contribution in [1.82, 2.24) is 0 Å². The summed E-state index contributed by atoms with van der Waals surface area (Å²) in [6.07, 6.45) is 3.76. The third-order valence-electron chi connectivity index (χ3n) is 6.14. The van der Waals surface area contributed by atoms with E-state index in [0.717, 1.165) is 12.0 Å². The van der Waals surface area contributed by atoms with Crippen LogP contribution < -0.4 is 15.7 Å². The topological polar surface area (TPSA) is 107 Å². The minimum Gasteiger partial charge on any atom is -0.505 e. The van der Waals surface area contributed by atoms with Gasteiger partial charge in [-0.1, -0.05) is 30.3 Å². The number of aromatic hydroxyl groups is 1. The number of methoxy groups -OCH3 is 1. The van der Waals surface area contributed by atoms with Crippen LogP contribution >= 0.6 is 0 Å². The second-order valence-electron chi connectivity index (χ2n) is 8.98. The predicted molar refractivity (Wildman–Crippen MR) is 133 cm³/mol. The quantitative estimate of drug-likeness (QED) is 0.387. The first kappa shape index (κ1) is 24.5. The molecule has 2 aromatic carbocycles. The number of carbonyl (C=O) groups is 1. The number of hydrogen-bond acceptors (Lipinski definition) is 7. The molecule has 1 fully saturated rings. The van der Waals surface area contributed by atoms with Gasteiger partial charge in [0.2, 0.25) is 12.2 Å². The van der Waals surface area contributed by atoms with Gasteiger partial charge in [-0.05, 0) is 51.0 Å². The van der Waals surface area contributed by atoms with Gasteiger partial charge in [0.05, 0.1) is 17.1 Å². The van der Waals surface area contributed by atoms with Crippen molar-refractivity contribution in [3.8, 4) is 11.5 Å². The van der Waals surface area contributed by atoms with Gasteiger partial charge in [0, 0.05) is 25.2 Å². The van der Waals surface area contributed by atoms with Crippen LogP contribution in [0.25, 0.3) is 17.0 Å². The monoisotopic (exact) mass is 479 g/mol. The van der Waals surface area contributed by atoms with Crippen molar-refractivity contribution in [3.63, 3.8) is 0 Å². The molecule has 2 heterocycles. The Labute approximate surface area is 203 Å². The van der Waals surface area contributed by atoms with Crippen LogP contribution in [0.2, 0.25) is 0 Å². The molecule has 184 valence electrons. The number of fused-ring (bicyclic) bond motifs is 1. The molecule has 8 heteroatoms. The van der Waals surface area contributed by atoms with E-state index >= 15 is 0 Å². The van der Waals surface area contributed by atoms with Gasteiger partial charge in [0.1, 0.15) is 11.3 Å². The van der Waals surface area contributed by atoms with Crippen LogP contribution in [-0.4, -0.2) is 36.1 Å². The molecule has 0 saturated carbocycles. The van der Waals surface area contributed by atoms with Crippen LogP contribution in [-0.2, 0) is 14.3 Å². The maximum atomic E-state index is 12.6. The molecule has 1 aliphatic heterocycles. The SMILES string of the molecule is CO[C@@H]1CC[C@H](Oc2ccc3c(O)c(NC(=O)/C=C/c4ccccc4)c(=O)oc3c2C)OC1(C)C. The number of rotatable bonds is 6. The Balaban J connectivity index is 1.56. The first-order chi connectivity index (χ1) is 16.7. The molecule has 1 amide bonds. The van der Waals surface area contributed by atoms with Crippen molar-refractivity contribution in [3.05, 3.63) is 70.1 Å². The molecule has 1 aromatic heterocycles. The lowest BCUT2D eigenvalue weighted by atomic mass is 9.94. The van der Waals surface area contributed by atoms with Crippen molar-refractivity contribution < 1.29 is 28.5 Å². The second kappa shape index (κ2) is 9.93. The largest absolute Gasteiger partial charge is 0.505 e. The average Bonchev–Trinajstić information content (AvgIpc) is 2.83. The van der Waals surface area contributed by atoms with E-state index in [2.05, 4.69) is 5.32 Å². The van der Waals surface area contributed by atoms with Crippen molar-refractivity contribution >= 4 is 28.6 Å². The highest BCUT2D eigenvalue weighted by molar-refractivity contribution is 6.04. The van der Waals surface area contributed by atoms with Crippen LogP contribution in [0.4, 0.5) is 5.69 Å². The lowest BCUT2D eigenvalue weighted by Crippen LogP contribution is -2.49. The van der Waals surface area contributed by atoms with E-state index in [-0.39, 0.29) is 28.5 Å². The summed E-state index contributed by atoms with van der Waals surface area (Å²) < 4.78 is 23.1. The lowest BCUT2D eigenvalue weighted by molar-refractivity contribution is -0.233. The summed E-state index contributed by atoms with van der Waals surface area (Å²) in [6, 6.07) is 12.5. The normalized spacial score (nSPS) is 19.7. The number of amides is 1.